The zero-order chi connectivity index (χ0) is 18.7. The normalized spacial score (nSPS) is 17.1. The number of hydrogen-bond acceptors (Lipinski definition) is 3. The molecular formula is C20H24N2O3S. The van der Waals surface area contributed by atoms with E-state index < -0.39 is 10.0 Å². The SMILES string of the molecule is CC[C@H](NC(=O)c1cccc(N2CCCS2(=O)=O)c1)c1ccc(C)cc1. The fourth-order valence-corrected chi connectivity index (χ4v) is 4.75. The summed E-state index contributed by atoms with van der Waals surface area (Å²) in [4.78, 5) is 12.7. The number of sulfonamides is 1. The molecule has 0 unspecified atom stereocenters. The van der Waals surface area contributed by atoms with Crippen molar-refractivity contribution in [1.82, 2.24) is 5.32 Å². The molecular weight excluding hydrogens is 348 g/mol. The number of aryl methyl sites for hydroxylation is 1. The molecule has 6 heteroatoms. The number of amides is 1. The van der Waals surface area contributed by atoms with Gasteiger partial charge in [-0.1, -0.05) is 42.8 Å². The van der Waals surface area contributed by atoms with Crippen LogP contribution in [0.2, 0.25) is 0 Å². The highest BCUT2D eigenvalue weighted by atomic mass is 32.2. The quantitative estimate of drug-likeness (QED) is 0.874. The van der Waals surface area contributed by atoms with Gasteiger partial charge in [-0.3, -0.25) is 9.10 Å². The third-order valence-corrected chi connectivity index (χ3v) is 6.56. The molecule has 0 aromatic heterocycles. The summed E-state index contributed by atoms with van der Waals surface area (Å²) in [6.07, 6.45) is 1.39. The maximum Gasteiger partial charge on any atom is 0.251 e. The predicted molar refractivity (Wildman–Crippen MR) is 104 cm³/mol. The summed E-state index contributed by atoms with van der Waals surface area (Å²) >= 11 is 0. The molecule has 1 N–H and O–H groups in total. The first-order chi connectivity index (χ1) is 12.4. The molecule has 1 amide bonds. The Kier molecular flexibility index (Phi) is 5.32. The molecule has 2 aromatic rings. The molecule has 138 valence electrons. The number of benzene rings is 2. The van der Waals surface area contributed by atoms with E-state index in [0.717, 1.165) is 12.0 Å². The van der Waals surface area contributed by atoms with Crippen LogP contribution in [0, 0.1) is 6.92 Å². The van der Waals surface area contributed by atoms with Gasteiger partial charge in [-0.25, -0.2) is 8.42 Å². The molecule has 1 saturated heterocycles. The van der Waals surface area contributed by atoms with E-state index in [-0.39, 0.29) is 17.7 Å². The van der Waals surface area contributed by atoms with E-state index in [2.05, 4.69) is 5.32 Å². The lowest BCUT2D eigenvalue weighted by molar-refractivity contribution is 0.0935. The minimum Gasteiger partial charge on any atom is -0.345 e. The number of rotatable bonds is 5. The van der Waals surface area contributed by atoms with E-state index >= 15 is 0 Å². The van der Waals surface area contributed by atoms with Crippen molar-refractivity contribution in [2.24, 2.45) is 0 Å². The fraction of sp³-hybridized carbons (Fsp3) is 0.350. The van der Waals surface area contributed by atoms with E-state index in [9.17, 15) is 13.2 Å². The lowest BCUT2D eigenvalue weighted by Crippen LogP contribution is -2.29. The van der Waals surface area contributed by atoms with Crippen LogP contribution < -0.4 is 9.62 Å². The third kappa shape index (κ3) is 3.90. The maximum absolute atomic E-state index is 12.7. The van der Waals surface area contributed by atoms with E-state index in [0.29, 0.717) is 24.2 Å². The van der Waals surface area contributed by atoms with Gasteiger partial charge in [0.05, 0.1) is 17.5 Å². The first kappa shape index (κ1) is 18.5. The molecule has 2 aromatic carbocycles. The van der Waals surface area contributed by atoms with Gasteiger partial charge < -0.3 is 5.32 Å². The fourth-order valence-electron chi connectivity index (χ4n) is 3.19. The van der Waals surface area contributed by atoms with Gasteiger partial charge in [-0.05, 0) is 43.5 Å². The monoisotopic (exact) mass is 372 g/mol. The van der Waals surface area contributed by atoms with Gasteiger partial charge in [-0.2, -0.15) is 0 Å². The number of carbonyl (C=O) groups excluding carboxylic acids is 1. The molecule has 1 aliphatic heterocycles. The van der Waals surface area contributed by atoms with Crippen LogP contribution in [0.15, 0.2) is 48.5 Å². The van der Waals surface area contributed by atoms with Crippen LogP contribution in [0.1, 0.15) is 47.3 Å². The minimum absolute atomic E-state index is 0.0812. The number of nitrogens with one attached hydrogen (secondary N) is 1. The molecule has 26 heavy (non-hydrogen) atoms. The van der Waals surface area contributed by atoms with Crippen LogP contribution in [0.5, 0.6) is 0 Å². The highest BCUT2D eigenvalue weighted by Crippen LogP contribution is 2.25. The van der Waals surface area contributed by atoms with Crippen LogP contribution in [-0.4, -0.2) is 26.6 Å². The minimum atomic E-state index is -3.26. The Bertz CT molecular complexity index is 892. The highest BCUT2D eigenvalue weighted by Gasteiger charge is 2.28. The standard InChI is InChI=1S/C20H24N2O3S/c1-3-19(16-10-8-15(2)9-11-16)21-20(23)17-6-4-7-18(14-17)22-12-5-13-26(22,24)25/h4,6-11,14,19H,3,5,12-13H2,1-2H3,(H,21,23)/t19-/m0/s1. The van der Waals surface area contributed by atoms with Crippen molar-refractivity contribution in [2.75, 3.05) is 16.6 Å². The van der Waals surface area contributed by atoms with Crippen LogP contribution in [0.25, 0.3) is 0 Å². The second kappa shape index (κ2) is 7.50. The lowest BCUT2D eigenvalue weighted by atomic mass is 10.0. The first-order valence-electron chi connectivity index (χ1n) is 8.88. The maximum atomic E-state index is 12.7. The number of nitrogens with zero attached hydrogens (tertiary/aromatic N) is 1. The molecule has 1 heterocycles. The van der Waals surface area contributed by atoms with Gasteiger partial charge in [0.1, 0.15) is 0 Å². The van der Waals surface area contributed by atoms with Gasteiger partial charge >= 0.3 is 0 Å². The Morgan fingerprint density at radius 3 is 2.54 bits per heavy atom. The summed E-state index contributed by atoms with van der Waals surface area (Å²) in [5.41, 5.74) is 3.26. The third-order valence-electron chi connectivity index (χ3n) is 4.69. The first-order valence-corrected chi connectivity index (χ1v) is 10.5. The summed E-state index contributed by atoms with van der Waals surface area (Å²) in [6.45, 7) is 4.52. The van der Waals surface area contributed by atoms with Gasteiger partial charge in [0.25, 0.3) is 5.91 Å². The van der Waals surface area contributed by atoms with E-state index in [4.69, 9.17) is 0 Å². The van der Waals surface area contributed by atoms with Crippen LogP contribution >= 0.6 is 0 Å². The molecule has 1 fully saturated rings. The molecule has 1 aliphatic rings. The van der Waals surface area contributed by atoms with Crippen molar-refractivity contribution >= 4 is 21.6 Å². The molecule has 0 spiro atoms. The van der Waals surface area contributed by atoms with Crippen molar-refractivity contribution < 1.29 is 13.2 Å². The average molecular weight is 372 g/mol. The topological polar surface area (TPSA) is 66.5 Å². The highest BCUT2D eigenvalue weighted by molar-refractivity contribution is 7.93. The molecule has 0 bridgehead atoms. The van der Waals surface area contributed by atoms with Crippen molar-refractivity contribution in [1.29, 1.82) is 0 Å². The van der Waals surface area contributed by atoms with Crippen molar-refractivity contribution in [2.45, 2.75) is 32.7 Å². The van der Waals surface area contributed by atoms with Gasteiger partial charge in [0.15, 0.2) is 0 Å². The Balaban J connectivity index is 1.79. The molecule has 0 radical (unpaired) electrons. The Hall–Kier alpha value is -2.34. The molecule has 5 nitrogen and oxygen atoms in total. The summed E-state index contributed by atoms with van der Waals surface area (Å²) < 4.78 is 25.6. The lowest BCUT2D eigenvalue weighted by Gasteiger charge is -2.20. The van der Waals surface area contributed by atoms with Crippen molar-refractivity contribution in [3.05, 3.63) is 65.2 Å². The summed E-state index contributed by atoms with van der Waals surface area (Å²) in [5.74, 6) is -0.0368. The van der Waals surface area contributed by atoms with Gasteiger partial charge in [0, 0.05) is 12.1 Å². The second-order valence-corrected chi connectivity index (χ2v) is 8.65. The van der Waals surface area contributed by atoms with Gasteiger partial charge in [0.2, 0.25) is 10.0 Å². The summed E-state index contributed by atoms with van der Waals surface area (Å²) in [6, 6.07) is 14.9. The van der Waals surface area contributed by atoms with E-state index in [1.54, 1.807) is 24.3 Å². The zero-order valence-electron chi connectivity index (χ0n) is 15.1. The smallest absolute Gasteiger partial charge is 0.251 e. The largest absolute Gasteiger partial charge is 0.345 e. The van der Waals surface area contributed by atoms with Gasteiger partial charge in [-0.15, -0.1) is 0 Å². The summed E-state index contributed by atoms with van der Waals surface area (Å²) in [5, 5.41) is 3.05. The van der Waals surface area contributed by atoms with E-state index in [1.807, 2.05) is 38.1 Å². The van der Waals surface area contributed by atoms with E-state index in [1.165, 1.54) is 9.87 Å². The zero-order valence-corrected chi connectivity index (χ0v) is 15.9. The number of anilines is 1. The molecule has 0 aliphatic carbocycles. The molecule has 0 saturated carbocycles. The predicted octanol–water partition coefficient (Wildman–Crippen LogP) is 3.42. The average Bonchev–Trinajstić information content (AvgIpc) is 2.99. The molecule has 1 atom stereocenters. The second-order valence-electron chi connectivity index (χ2n) is 6.64. The Labute approximate surface area is 155 Å². The molecule has 3 rings (SSSR count). The number of hydrogen-bond donors (Lipinski definition) is 1. The Morgan fingerprint density at radius 1 is 1.19 bits per heavy atom. The number of carbonyl (C=O) groups is 1. The van der Waals surface area contributed by atoms with Crippen molar-refractivity contribution in [3.63, 3.8) is 0 Å². The van der Waals surface area contributed by atoms with Crippen LogP contribution in [0.3, 0.4) is 0 Å². The van der Waals surface area contributed by atoms with Crippen molar-refractivity contribution in [3.8, 4) is 0 Å². The van der Waals surface area contributed by atoms with Crippen LogP contribution in [0.4, 0.5) is 5.69 Å². The summed E-state index contributed by atoms with van der Waals surface area (Å²) in [7, 11) is -3.26. The van der Waals surface area contributed by atoms with Crippen LogP contribution in [-0.2, 0) is 10.0 Å². The Morgan fingerprint density at radius 2 is 1.92 bits per heavy atom.